The van der Waals surface area contributed by atoms with E-state index in [1.807, 2.05) is 12.1 Å². The van der Waals surface area contributed by atoms with Crippen LogP contribution in [0.1, 0.15) is 26.6 Å². The van der Waals surface area contributed by atoms with Gasteiger partial charge in [0.15, 0.2) is 5.82 Å². The molecular weight excluding hydrogens is 324 g/mol. The minimum absolute atomic E-state index is 0.108. The number of hydrogen-bond acceptors (Lipinski definition) is 7. The Kier molecular flexibility index (Phi) is 4.46. The van der Waals surface area contributed by atoms with Gasteiger partial charge < -0.3 is 14.6 Å². The molecule has 0 bridgehead atoms. The first-order valence-electron chi connectivity index (χ1n) is 7.65. The predicted octanol–water partition coefficient (Wildman–Crippen LogP) is 2.34. The molecule has 3 rings (SSSR count). The summed E-state index contributed by atoms with van der Waals surface area (Å²) in [5, 5.41) is 10.7. The van der Waals surface area contributed by atoms with Gasteiger partial charge in [0.1, 0.15) is 5.60 Å². The zero-order valence-electron chi connectivity index (χ0n) is 14.1. The Hall–Kier alpha value is -3.23. The summed E-state index contributed by atoms with van der Waals surface area (Å²) in [6, 6.07) is 3.67. The van der Waals surface area contributed by atoms with Crippen molar-refractivity contribution in [2.75, 3.05) is 0 Å². The predicted molar refractivity (Wildman–Crippen MR) is 87.7 cm³/mol. The molecule has 130 valence electrons. The van der Waals surface area contributed by atoms with Crippen LogP contribution in [0.25, 0.3) is 17.1 Å². The summed E-state index contributed by atoms with van der Waals surface area (Å²) < 4.78 is 12.0. The van der Waals surface area contributed by atoms with Crippen molar-refractivity contribution < 1.29 is 14.1 Å². The number of alkyl carbamates (subject to hydrolysis) is 1. The summed E-state index contributed by atoms with van der Waals surface area (Å²) in [6.07, 6.45) is 6.23. The van der Waals surface area contributed by atoms with E-state index in [2.05, 4.69) is 25.5 Å². The van der Waals surface area contributed by atoms with E-state index in [1.54, 1.807) is 50.2 Å². The van der Waals surface area contributed by atoms with Crippen molar-refractivity contribution in [1.29, 1.82) is 0 Å². The van der Waals surface area contributed by atoms with E-state index < -0.39 is 11.7 Å². The fraction of sp³-hybridized carbons (Fsp3) is 0.312. The first kappa shape index (κ1) is 16.6. The smallest absolute Gasteiger partial charge is 0.408 e. The summed E-state index contributed by atoms with van der Waals surface area (Å²) in [4.78, 5) is 19.8. The molecule has 3 aromatic heterocycles. The third-order valence-electron chi connectivity index (χ3n) is 3.01. The van der Waals surface area contributed by atoms with Crippen LogP contribution in [-0.2, 0) is 11.3 Å². The van der Waals surface area contributed by atoms with Gasteiger partial charge in [-0.15, -0.1) is 0 Å². The lowest BCUT2D eigenvalue weighted by Crippen LogP contribution is -2.32. The van der Waals surface area contributed by atoms with Gasteiger partial charge >= 0.3 is 6.09 Å². The zero-order valence-corrected chi connectivity index (χ0v) is 14.1. The minimum Gasteiger partial charge on any atom is -0.444 e. The molecular formula is C16H18N6O3. The molecule has 0 unspecified atom stereocenters. The first-order chi connectivity index (χ1) is 11.9. The van der Waals surface area contributed by atoms with Crippen LogP contribution in [0.2, 0.25) is 0 Å². The molecule has 0 saturated heterocycles. The molecule has 0 aliphatic heterocycles. The van der Waals surface area contributed by atoms with E-state index in [9.17, 15) is 4.79 Å². The molecule has 9 heteroatoms. The van der Waals surface area contributed by atoms with E-state index in [-0.39, 0.29) is 6.54 Å². The molecule has 1 amide bonds. The molecule has 25 heavy (non-hydrogen) atoms. The third kappa shape index (κ3) is 4.40. The van der Waals surface area contributed by atoms with Crippen LogP contribution < -0.4 is 5.32 Å². The number of nitrogens with zero attached hydrogens (tertiary/aromatic N) is 5. The fourth-order valence-corrected chi connectivity index (χ4v) is 1.98. The number of carbonyl (C=O) groups is 1. The van der Waals surface area contributed by atoms with Gasteiger partial charge in [-0.2, -0.15) is 10.1 Å². The monoisotopic (exact) mass is 342 g/mol. The van der Waals surface area contributed by atoms with Gasteiger partial charge in [-0.25, -0.2) is 9.48 Å². The van der Waals surface area contributed by atoms with E-state index in [4.69, 9.17) is 9.26 Å². The van der Waals surface area contributed by atoms with Crippen LogP contribution >= 0.6 is 0 Å². The molecule has 3 aromatic rings. The van der Waals surface area contributed by atoms with E-state index >= 15 is 0 Å². The van der Waals surface area contributed by atoms with Gasteiger partial charge in [-0.05, 0) is 32.9 Å². The van der Waals surface area contributed by atoms with Gasteiger partial charge in [0.25, 0.3) is 5.89 Å². The van der Waals surface area contributed by atoms with Gasteiger partial charge in [-0.1, -0.05) is 5.16 Å². The van der Waals surface area contributed by atoms with Crippen LogP contribution in [0.5, 0.6) is 0 Å². The number of ether oxygens (including phenoxy) is 1. The fourth-order valence-electron chi connectivity index (χ4n) is 1.98. The largest absolute Gasteiger partial charge is 0.444 e. The van der Waals surface area contributed by atoms with Crippen molar-refractivity contribution in [1.82, 2.24) is 30.2 Å². The van der Waals surface area contributed by atoms with E-state index in [0.717, 1.165) is 5.69 Å². The van der Waals surface area contributed by atoms with Crippen LogP contribution in [0, 0.1) is 0 Å². The van der Waals surface area contributed by atoms with E-state index in [1.165, 1.54) is 0 Å². The van der Waals surface area contributed by atoms with Crippen LogP contribution in [0.4, 0.5) is 4.79 Å². The molecule has 0 radical (unpaired) electrons. The molecule has 9 nitrogen and oxygen atoms in total. The lowest BCUT2D eigenvalue weighted by molar-refractivity contribution is 0.0522. The summed E-state index contributed by atoms with van der Waals surface area (Å²) in [7, 11) is 0. The molecule has 0 aromatic carbocycles. The SMILES string of the molecule is CC(C)(C)OC(=O)NCc1noc(-c2cnn(-c3ccncc3)c2)n1. The summed E-state index contributed by atoms with van der Waals surface area (Å²) >= 11 is 0. The van der Waals surface area contributed by atoms with E-state index in [0.29, 0.717) is 17.3 Å². The number of nitrogens with one attached hydrogen (secondary N) is 1. The van der Waals surface area contributed by atoms with Crippen LogP contribution in [0.15, 0.2) is 41.4 Å². The second-order valence-corrected chi connectivity index (χ2v) is 6.25. The van der Waals surface area contributed by atoms with Crippen molar-refractivity contribution in [2.24, 2.45) is 0 Å². The van der Waals surface area contributed by atoms with Gasteiger partial charge in [-0.3, -0.25) is 4.98 Å². The lowest BCUT2D eigenvalue weighted by atomic mass is 10.2. The number of pyridine rings is 1. The van der Waals surface area contributed by atoms with Crippen LogP contribution in [0.3, 0.4) is 0 Å². The maximum atomic E-state index is 11.6. The number of hydrogen-bond donors (Lipinski definition) is 1. The number of carbonyl (C=O) groups excluding carboxylic acids is 1. The van der Waals surface area contributed by atoms with Crippen molar-refractivity contribution in [3.63, 3.8) is 0 Å². The van der Waals surface area contributed by atoms with Gasteiger partial charge in [0, 0.05) is 18.6 Å². The Bertz CT molecular complexity index is 850. The third-order valence-corrected chi connectivity index (χ3v) is 3.01. The summed E-state index contributed by atoms with van der Waals surface area (Å²) in [6.45, 7) is 5.48. The highest BCUT2D eigenvalue weighted by Crippen LogP contribution is 2.18. The van der Waals surface area contributed by atoms with Crippen molar-refractivity contribution in [3.05, 3.63) is 42.7 Å². The molecule has 0 saturated carbocycles. The van der Waals surface area contributed by atoms with Gasteiger partial charge in [0.2, 0.25) is 0 Å². The maximum absolute atomic E-state index is 11.6. The van der Waals surface area contributed by atoms with Gasteiger partial charge in [0.05, 0.1) is 24.0 Å². The first-order valence-corrected chi connectivity index (χ1v) is 7.65. The van der Waals surface area contributed by atoms with Crippen LogP contribution in [-0.4, -0.2) is 36.6 Å². The summed E-state index contributed by atoms with van der Waals surface area (Å²) in [5.41, 5.74) is 0.981. The number of rotatable bonds is 4. The van der Waals surface area contributed by atoms with Crippen molar-refractivity contribution in [3.8, 4) is 17.1 Å². The number of aromatic nitrogens is 5. The quantitative estimate of drug-likeness (QED) is 0.775. The van der Waals surface area contributed by atoms with Crippen molar-refractivity contribution >= 4 is 6.09 Å². The second kappa shape index (κ2) is 6.71. The van der Waals surface area contributed by atoms with Crippen molar-refractivity contribution in [2.45, 2.75) is 32.9 Å². The topological polar surface area (TPSA) is 108 Å². The molecule has 0 aliphatic rings. The molecule has 3 heterocycles. The average molecular weight is 342 g/mol. The molecule has 0 atom stereocenters. The Morgan fingerprint density at radius 1 is 1.32 bits per heavy atom. The Morgan fingerprint density at radius 3 is 2.80 bits per heavy atom. The summed E-state index contributed by atoms with van der Waals surface area (Å²) in [5.74, 6) is 0.666. The molecule has 1 N–H and O–H groups in total. The highest BCUT2D eigenvalue weighted by atomic mass is 16.6. The minimum atomic E-state index is -0.561. The Balaban J connectivity index is 1.64. The number of amides is 1. The highest BCUT2D eigenvalue weighted by molar-refractivity contribution is 5.67. The average Bonchev–Trinajstić information content (AvgIpc) is 3.21. The maximum Gasteiger partial charge on any atom is 0.408 e. The molecule has 0 spiro atoms. The normalized spacial score (nSPS) is 11.3. The standard InChI is InChI=1S/C16H18N6O3/c1-16(2,3)24-15(23)18-9-13-20-14(25-21-13)11-8-19-22(10-11)12-4-6-17-7-5-12/h4-8,10H,9H2,1-3H3,(H,18,23). The molecule has 0 fully saturated rings. The molecule has 0 aliphatic carbocycles. The Labute approximate surface area is 144 Å². The highest BCUT2D eigenvalue weighted by Gasteiger charge is 2.17. The Morgan fingerprint density at radius 2 is 2.08 bits per heavy atom. The second-order valence-electron chi connectivity index (χ2n) is 6.25. The lowest BCUT2D eigenvalue weighted by Gasteiger charge is -2.19. The zero-order chi connectivity index (χ0) is 17.9.